The zero-order valence-corrected chi connectivity index (χ0v) is 10.4. The first-order valence-electron chi connectivity index (χ1n) is 5.83. The number of ether oxygens (including phenoxy) is 1. The highest BCUT2D eigenvalue weighted by atomic mass is 16.5. The number of amides is 1. The molecule has 0 saturated carbocycles. The molecule has 0 bridgehead atoms. The molecule has 0 aromatic rings. The van der Waals surface area contributed by atoms with E-state index in [1.165, 1.54) is 7.11 Å². The molecule has 0 spiro atoms. The molecule has 0 aromatic heterocycles. The molecule has 0 aliphatic carbocycles. The number of ketones is 2. The number of carbonyl (C=O) groups excluding carboxylic acids is 3. The van der Waals surface area contributed by atoms with Gasteiger partial charge in [-0.2, -0.15) is 0 Å². The van der Waals surface area contributed by atoms with Crippen molar-refractivity contribution < 1.29 is 19.1 Å². The van der Waals surface area contributed by atoms with E-state index in [0.717, 1.165) is 0 Å². The van der Waals surface area contributed by atoms with E-state index in [2.05, 4.69) is 0 Å². The molecule has 1 aliphatic rings. The summed E-state index contributed by atoms with van der Waals surface area (Å²) in [7, 11) is 1.48. The minimum atomic E-state index is 0.0190. The Labute approximate surface area is 101 Å². The van der Waals surface area contributed by atoms with Crippen LogP contribution in [0.1, 0.15) is 26.2 Å². The lowest BCUT2D eigenvalue weighted by Crippen LogP contribution is -2.52. The summed E-state index contributed by atoms with van der Waals surface area (Å²) < 4.78 is 4.70. The molecule has 1 saturated heterocycles. The highest BCUT2D eigenvalue weighted by Crippen LogP contribution is 2.18. The van der Waals surface area contributed by atoms with E-state index < -0.39 is 0 Å². The number of Topliss-reactive ketones (excluding diaryl/α,β-unsaturated/α-hetero) is 2. The van der Waals surface area contributed by atoms with Gasteiger partial charge < -0.3 is 9.64 Å². The van der Waals surface area contributed by atoms with E-state index in [9.17, 15) is 14.4 Å². The topological polar surface area (TPSA) is 63.7 Å². The SMILES string of the molecule is COCC(=O)CCCC(=O)N1CC(C(C)=O)C1. The van der Waals surface area contributed by atoms with Gasteiger partial charge in [0.15, 0.2) is 5.78 Å². The molecule has 1 rings (SSSR count). The lowest BCUT2D eigenvalue weighted by atomic mass is 9.95. The van der Waals surface area contributed by atoms with Gasteiger partial charge in [-0.25, -0.2) is 0 Å². The second-order valence-corrected chi connectivity index (χ2v) is 4.43. The number of nitrogens with zero attached hydrogens (tertiary/aromatic N) is 1. The van der Waals surface area contributed by atoms with Gasteiger partial charge in [0.2, 0.25) is 5.91 Å². The third-order valence-corrected chi connectivity index (χ3v) is 2.96. The first-order valence-corrected chi connectivity index (χ1v) is 5.83. The summed E-state index contributed by atoms with van der Waals surface area (Å²) in [5, 5.41) is 0. The number of hydrogen-bond acceptors (Lipinski definition) is 4. The third kappa shape index (κ3) is 4.26. The monoisotopic (exact) mass is 241 g/mol. The van der Waals surface area contributed by atoms with Crippen LogP contribution >= 0.6 is 0 Å². The van der Waals surface area contributed by atoms with Crippen molar-refractivity contribution in [3.63, 3.8) is 0 Å². The zero-order chi connectivity index (χ0) is 12.8. The molecule has 0 radical (unpaired) electrons. The Kier molecular flexibility index (Phi) is 5.28. The fourth-order valence-corrected chi connectivity index (χ4v) is 1.77. The van der Waals surface area contributed by atoms with E-state index in [4.69, 9.17) is 4.74 Å². The smallest absolute Gasteiger partial charge is 0.222 e. The molecular weight excluding hydrogens is 222 g/mol. The molecular formula is C12H19NO4. The largest absolute Gasteiger partial charge is 0.377 e. The molecule has 17 heavy (non-hydrogen) atoms. The third-order valence-electron chi connectivity index (χ3n) is 2.96. The number of carbonyl (C=O) groups is 3. The summed E-state index contributed by atoms with van der Waals surface area (Å²) in [5.74, 6) is 0.219. The Bertz CT molecular complexity index is 308. The van der Waals surface area contributed by atoms with Crippen LogP contribution in [0, 0.1) is 5.92 Å². The molecule has 0 unspecified atom stereocenters. The number of likely N-dealkylation sites (tertiary alicyclic amines) is 1. The standard InChI is InChI=1S/C12H19NO4/c1-9(14)10-6-13(7-10)12(16)5-3-4-11(15)8-17-2/h10H,3-8H2,1-2H3. The molecule has 5 heteroatoms. The van der Waals surface area contributed by atoms with Crippen LogP contribution < -0.4 is 0 Å². The summed E-state index contributed by atoms with van der Waals surface area (Å²) in [5.41, 5.74) is 0. The van der Waals surface area contributed by atoms with Crippen molar-refractivity contribution in [2.75, 3.05) is 26.8 Å². The summed E-state index contributed by atoms with van der Waals surface area (Å²) >= 11 is 0. The van der Waals surface area contributed by atoms with E-state index in [1.54, 1.807) is 11.8 Å². The number of rotatable bonds is 7. The van der Waals surface area contributed by atoms with Crippen LogP contribution in [-0.2, 0) is 19.1 Å². The van der Waals surface area contributed by atoms with Crippen LogP contribution in [-0.4, -0.2) is 49.2 Å². The summed E-state index contributed by atoms with van der Waals surface area (Å²) in [6, 6.07) is 0. The van der Waals surface area contributed by atoms with E-state index in [0.29, 0.717) is 32.4 Å². The highest BCUT2D eigenvalue weighted by Gasteiger charge is 2.32. The van der Waals surface area contributed by atoms with Gasteiger partial charge in [-0.1, -0.05) is 0 Å². The maximum Gasteiger partial charge on any atom is 0.222 e. The highest BCUT2D eigenvalue weighted by molar-refractivity contribution is 5.84. The molecule has 1 aliphatic heterocycles. The molecule has 96 valence electrons. The fourth-order valence-electron chi connectivity index (χ4n) is 1.77. The van der Waals surface area contributed by atoms with Crippen molar-refractivity contribution in [2.45, 2.75) is 26.2 Å². The molecule has 1 heterocycles. The number of methoxy groups -OCH3 is 1. The van der Waals surface area contributed by atoms with Crippen molar-refractivity contribution in [3.05, 3.63) is 0 Å². The van der Waals surface area contributed by atoms with Crippen LogP contribution in [0.5, 0.6) is 0 Å². The second-order valence-electron chi connectivity index (χ2n) is 4.43. The lowest BCUT2D eigenvalue weighted by Gasteiger charge is -2.37. The molecule has 0 N–H and O–H groups in total. The van der Waals surface area contributed by atoms with Gasteiger partial charge in [-0.3, -0.25) is 14.4 Å². The van der Waals surface area contributed by atoms with Gasteiger partial charge in [-0.05, 0) is 13.3 Å². The molecule has 1 fully saturated rings. The first-order chi connectivity index (χ1) is 8.04. The van der Waals surface area contributed by atoms with Gasteiger partial charge in [0.05, 0.1) is 5.92 Å². The average Bonchev–Trinajstić information content (AvgIpc) is 2.14. The van der Waals surface area contributed by atoms with Gasteiger partial charge in [0, 0.05) is 33.0 Å². The van der Waals surface area contributed by atoms with Crippen molar-refractivity contribution >= 4 is 17.5 Å². The first kappa shape index (κ1) is 13.8. The summed E-state index contributed by atoms with van der Waals surface area (Å²) in [4.78, 5) is 35.4. The maximum absolute atomic E-state index is 11.6. The van der Waals surface area contributed by atoms with Gasteiger partial charge in [0.1, 0.15) is 12.4 Å². The molecule has 0 atom stereocenters. The lowest BCUT2D eigenvalue weighted by molar-refractivity contribution is -0.141. The Balaban J connectivity index is 2.11. The fraction of sp³-hybridized carbons (Fsp3) is 0.750. The average molecular weight is 241 g/mol. The Morgan fingerprint density at radius 1 is 1.24 bits per heavy atom. The maximum atomic E-state index is 11.6. The van der Waals surface area contributed by atoms with Gasteiger partial charge in [0.25, 0.3) is 0 Å². The van der Waals surface area contributed by atoms with Crippen LogP contribution in [0.3, 0.4) is 0 Å². The van der Waals surface area contributed by atoms with Gasteiger partial charge in [-0.15, -0.1) is 0 Å². The second kappa shape index (κ2) is 6.49. The minimum absolute atomic E-state index is 0.0190. The summed E-state index contributed by atoms with van der Waals surface area (Å²) in [6.45, 7) is 2.75. The predicted octanol–water partition coefficient (Wildman–Crippen LogP) is 0.420. The molecule has 1 amide bonds. The van der Waals surface area contributed by atoms with Crippen molar-refractivity contribution in [2.24, 2.45) is 5.92 Å². The van der Waals surface area contributed by atoms with Crippen molar-refractivity contribution in [3.8, 4) is 0 Å². The van der Waals surface area contributed by atoms with Crippen molar-refractivity contribution in [1.82, 2.24) is 4.90 Å². The minimum Gasteiger partial charge on any atom is -0.377 e. The Morgan fingerprint density at radius 2 is 1.88 bits per heavy atom. The predicted molar refractivity (Wildman–Crippen MR) is 61.5 cm³/mol. The Morgan fingerprint density at radius 3 is 2.41 bits per heavy atom. The normalized spacial score (nSPS) is 15.5. The molecule has 0 aromatic carbocycles. The van der Waals surface area contributed by atoms with Gasteiger partial charge >= 0.3 is 0 Å². The van der Waals surface area contributed by atoms with E-state index in [1.807, 2.05) is 0 Å². The van der Waals surface area contributed by atoms with Crippen LogP contribution in [0.25, 0.3) is 0 Å². The van der Waals surface area contributed by atoms with Crippen LogP contribution in [0.15, 0.2) is 0 Å². The summed E-state index contributed by atoms with van der Waals surface area (Å²) in [6.07, 6.45) is 1.31. The van der Waals surface area contributed by atoms with Crippen LogP contribution in [0.4, 0.5) is 0 Å². The van der Waals surface area contributed by atoms with E-state index >= 15 is 0 Å². The Hall–Kier alpha value is -1.23. The van der Waals surface area contributed by atoms with Crippen molar-refractivity contribution in [1.29, 1.82) is 0 Å². The number of hydrogen-bond donors (Lipinski definition) is 0. The molecule has 5 nitrogen and oxygen atoms in total. The quantitative estimate of drug-likeness (QED) is 0.648. The van der Waals surface area contributed by atoms with Crippen LogP contribution in [0.2, 0.25) is 0 Å². The van der Waals surface area contributed by atoms with E-state index in [-0.39, 0.29) is 30.0 Å². The zero-order valence-electron chi connectivity index (χ0n) is 10.4.